The first-order valence-electron chi connectivity index (χ1n) is 6.37. The molecule has 0 amide bonds. The summed E-state index contributed by atoms with van der Waals surface area (Å²) in [4.78, 5) is 22.8. The van der Waals surface area contributed by atoms with Gasteiger partial charge >= 0.3 is 11.9 Å². The normalized spacial score (nSPS) is 34.6. The van der Waals surface area contributed by atoms with E-state index >= 15 is 0 Å². The highest BCUT2D eigenvalue weighted by Gasteiger charge is 2.57. The highest BCUT2D eigenvalue weighted by molar-refractivity contribution is 6.26. The average molecular weight is 275 g/mol. The molecule has 102 valence electrons. The summed E-state index contributed by atoms with van der Waals surface area (Å²) in [6.07, 6.45) is 2.97. The van der Waals surface area contributed by atoms with E-state index in [1.54, 1.807) is 13.8 Å². The van der Waals surface area contributed by atoms with Gasteiger partial charge in [0.1, 0.15) is 11.5 Å². The van der Waals surface area contributed by atoms with Crippen molar-refractivity contribution in [3.8, 4) is 0 Å². The maximum Gasteiger partial charge on any atom is 0.321 e. The minimum atomic E-state index is -0.762. The van der Waals surface area contributed by atoms with Gasteiger partial charge in [0.15, 0.2) is 0 Å². The number of halogens is 1. The molecule has 4 nitrogen and oxygen atoms in total. The van der Waals surface area contributed by atoms with Crippen molar-refractivity contribution in [3.05, 3.63) is 0 Å². The first-order chi connectivity index (χ1) is 8.36. The molecule has 0 aliphatic heterocycles. The summed E-state index contributed by atoms with van der Waals surface area (Å²) in [6.45, 7) is 3.61. The molecule has 0 spiro atoms. The van der Waals surface area contributed by atoms with E-state index in [-0.39, 0.29) is 23.6 Å². The van der Waals surface area contributed by atoms with Gasteiger partial charge in [-0.05, 0) is 44.9 Å². The number of aliphatic carboxylic acids is 1. The fourth-order valence-corrected chi connectivity index (χ4v) is 4.09. The zero-order valence-electron chi connectivity index (χ0n) is 10.7. The smallest absolute Gasteiger partial charge is 0.321 e. The van der Waals surface area contributed by atoms with Crippen molar-refractivity contribution in [2.45, 2.75) is 38.7 Å². The first-order valence-corrected chi connectivity index (χ1v) is 6.91. The highest BCUT2D eigenvalue weighted by atomic mass is 35.5. The van der Waals surface area contributed by atoms with E-state index in [0.717, 1.165) is 19.3 Å². The summed E-state index contributed by atoms with van der Waals surface area (Å²) >= 11 is 5.45. The number of carboxylic acid groups (broad SMARTS) is 1. The lowest BCUT2D eigenvalue weighted by Gasteiger charge is -2.39. The van der Waals surface area contributed by atoms with Crippen LogP contribution >= 0.6 is 11.6 Å². The maximum atomic E-state index is 11.4. The molecule has 2 aliphatic rings. The van der Waals surface area contributed by atoms with Gasteiger partial charge in [0.05, 0.1) is 5.92 Å². The minimum Gasteiger partial charge on any atom is -0.481 e. The van der Waals surface area contributed by atoms with Crippen LogP contribution in [-0.4, -0.2) is 28.5 Å². The molecule has 2 bridgehead atoms. The zero-order valence-corrected chi connectivity index (χ0v) is 11.4. The standard InChI is InChI=1S/C13H19ClO4/c1-13(2,18-9(15)6-14)11-8-4-3-7(5-8)10(11)12(16)17/h7-8,10-11H,3-6H2,1-2H3,(H,16,17). The van der Waals surface area contributed by atoms with Crippen LogP contribution in [0.4, 0.5) is 0 Å². The van der Waals surface area contributed by atoms with Gasteiger partial charge in [-0.25, -0.2) is 0 Å². The van der Waals surface area contributed by atoms with Crippen molar-refractivity contribution < 1.29 is 19.4 Å². The van der Waals surface area contributed by atoms with Crippen LogP contribution in [0.5, 0.6) is 0 Å². The fourth-order valence-electron chi connectivity index (χ4n) is 4.04. The highest BCUT2D eigenvalue weighted by Crippen LogP contribution is 2.56. The van der Waals surface area contributed by atoms with Crippen molar-refractivity contribution in [2.24, 2.45) is 23.7 Å². The van der Waals surface area contributed by atoms with E-state index in [4.69, 9.17) is 16.3 Å². The molecule has 2 aliphatic carbocycles. The molecule has 18 heavy (non-hydrogen) atoms. The minimum absolute atomic E-state index is 0.0964. The predicted molar refractivity (Wildman–Crippen MR) is 66.3 cm³/mol. The van der Waals surface area contributed by atoms with Crippen molar-refractivity contribution in [2.75, 3.05) is 5.88 Å². The quantitative estimate of drug-likeness (QED) is 0.631. The summed E-state index contributed by atoms with van der Waals surface area (Å²) in [6, 6.07) is 0. The molecule has 5 heteroatoms. The summed E-state index contributed by atoms with van der Waals surface area (Å²) < 4.78 is 5.37. The number of ether oxygens (including phenoxy) is 1. The molecule has 4 unspecified atom stereocenters. The van der Waals surface area contributed by atoms with Gasteiger partial charge < -0.3 is 9.84 Å². The van der Waals surface area contributed by atoms with E-state index in [2.05, 4.69) is 0 Å². The Kier molecular flexibility index (Phi) is 3.58. The molecule has 0 saturated heterocycles. The van der Waals surface area contributed by atoms with Crippen LogP contribution < -0.4 is 0 Å². The summed E-state index contributed by atoms with van der Waals surface area (Å²) in [7, 11) is 0. The number of carboxylic acids is 1. The van der Waals surface area contributed by atoms with Crippen molar-refractivity contribution in [1.29, 1.82) is 0 Å². The second-order valence-electron chi connectivity index (χ2n) is 5.93. The second kappa shape index (κ2) is 4.72. The topological polar surface area (TPSA) is 63.6 Å². The molecule has 0 heterocycles. The molecule has 1 N–H and O–H groups in total. The number of fused-ring (bicyclic) bond motifs is 2. The lowest BCUT2D eigenvalue weighted by atomic mass is 9.71. The molecule has 4 atom stereocenters. The predicted octanol–water partition coefficient (Wildman–Crippen LogP) is 2.29. The molecular weight excluding hydrogens is 256 g/mol. The molecule has 2 fully saturated rings. The summed E-state index contributed by atoms with van der Waals surface area (Å²) in [5, 5.41) is 9.39. The first kappa shape index (κ1) is 13.7. The Labute approximate surface area is 112 Å². The number of hydrogen-bond acceptors (Lipinski definition) is 3. The maximum absolute atomic E-state index is 11.4. The van der Waals surface area contributed by atoms with Gasteiger partial charge in [-0.1, -0.05) is 0 Å². The Hall–Kier alpha value is -0.770. The van der Waals surface area contributed by atoms with Crippen LogP contribution in [0.1, 0.15) is 33.1 Å². The van der Waals surface area contributed by atoms with Crippen LogP contribution in [0.2, 0.25) is 0 Å². The SMILES string of the molecule is CC(C)(OC(=O)CCl)C1C2CCC(C2)C1C(=O)O. The Morgan fingerprint density at radius 1 is 1.33 bits per heavy atom. The molecule has 0 radical (unpaired) electrons. The van der Waals surface area contributed by atoms with Gasteiger partial charge in [0.25, 0.3) is 0 Å². The molecule has 0 aromatic carbocycles. The van der Waals surface area contributed by atoms with Gasteiger partial charge in [0, 0.05) is 5.92 Å². The summed E-state index contributed by atoms with van der Waals surface area (Å²) in [5.74, 6) is -1.32. The number of hydrogen-bond donors (Lipinski definition) is 1. The fraction of sp³-hybridized carbons (Fsp3) is 0.846. The zero-order chi connectivity index (χ0) is 13.5. The van der Waals surface area contributed by atoms with E-state index in [1.165, 1.54) is 0 Å². The number of carbonyl (C=O) groups excluding carboxylic acids is 1. The van der Waals surface area contributed by atoms with E-state index in [1.807, 2.05) is 0 Å². The number of esters is 1. The second-order valence-corrected chi connectivity index (χ2v) is 6.20. The third-order valence-corrected chi connectivity index (χ3v) is 4.71. The van der Waals surface area contributed by atoms with Crippen LogP contribution in [0.3, 0.4) is 0 Å². The molecular formula is C13H19ClO4. The number of carbonyl (C=O) groups is 2. The van der Waals surface area contributed by atoms with Gasteiger partial charge in [-0.15, -0.1) is 11.6 Å². The van der Waals surface area contributed by atoms with Crippen molar-refractivity contribution >= 4 is 23.5 Å². The van der Waals surface area contributed by atoms with Crippen LogP contribution in [0, 0.1) is 23.7 Å². The average Bonchev–Trinajstić information content (AvgIpc) is 2.87. The third kappa shape index (κ3) is 2.22. The molecule has 2 rings (SSSR count). The van der Waals surface area contributed by atoms with Crippen molar-refractivity contribution in [1.82, 2.24) is 0 Å². The van der Waals surface area contributed by atoms with Gasteiger partial charge in [-0.2, -0.15) is 0 Å². The lowest BCUT2D eigenvalue weighted by molar-refractivity contribution is -0.169. The summed E-state index contributed by atoms with van der Waals surface area (Å²) in [5.41, 5.74) is -0.755. The van der Waals surface area contributed by atoms with Crippen molar-refractivity contribution in [3.63, 3.8) is 0 Å². The monoisotopic (exact) mass is 274 g/mol. The third-order valence-electron chi connectivity index (χ3n) is 4.49. The largest absolute Gasteiger partial charge is 0.481 e. The van der Waals surface area contributed by atoms with Gasteiger partial charge in [-0.3, -0.25) is 9.59 Å². The van der Waals surface area contributed by atoms with E-state index in [9.17, 15) is 14.7 Å². The van der Waals surface area contributed by atoms with Gasteiger partial charge in [0.2, 0.25) is 0 Å². The lowest BCUT2D eigenvalue weighted by Crippen LogP contribution is -2.46. The van der Waals surface area contributed by atoms with Crippen LogP contribution in [0.15, 0.2) is 0 Å². The molecule has 0 aromatic rings. The molecule has 2 saturated carbocycles. The Bertz CT molecular complexity index is 366. The Morgan fingerprint density at radius 2 is 1.94 bits per heavy atom. The number of rotatable bonds is 4. The van der Waals surface area contributed by atoms with E-state index < -0.39 is 17.5 Å². The Balaban J connectivity index is 2.19. The molecule has 0 aromatic heterocycles. The number of alkyl halides is 1. The van der Waals surface area contributed by atoms with Crippen LogP contribution in [0.25, 0.3) is 0 Å². The van der Waals surface area contributed by atoms with E-state index in [0.29, 0.717) is 5.92 Å². The van der Waals surface area contributed by atoms with Crippen LogP contribution in [-0.2, 0) is 14.3 Å². The Morgan fingerprint density at radius 3 is 2.50 bits per heavy atom.